The summed E-state index contributed by atoms with van der Waals surface area (Å²) in [6.45, 7) is 3.31. The van der Waals surface area contributed by atoms with Crippen LogP contribution < -0.4 is 0 Å². The highest BCUT2D eigenvalue weighted by Gasteiger charge is 2.30. The van der Waals surface area contributed by atoms with E-state index in [-0.39, 0.29) is 6.04 Å². The molecule has 1 atom stereocenters. The van der Waals surface area contributed by atoms with E-state index in [1.54, 1.807) is 4.88 Å². The van der Waals surface area contributed by atoms with Crippen LogP contribution in [-0.4, -0.2) is 53.6 Å². The Morgan fingerprint density at radius 2 is 2.05 bits per heavy atom. The molecule has 1 aromatic rings. The molecule has 2 fully saturated rings. The summed E-state index contributed by atoms with van der Waals surface area (Å²) in [4.78, 5) is 18.5. The summed E-state index contributed by atoms with van der Waals surface area (Å²) in [6.07, 6.45) is 6.82. The van der Waals surface area contributed by atoms with Crippen LogP contribution in [-0.2, 0) is 11.3 Å². The SMILES string of the molecule is CN1CCN(Cc2ccc(C3CCCCC3)s2)CC1C(=O)O. The van der Waals surface area contributed by atoms with Crippen LogP contribution in [0.1, 0.15) is 47.8 Å². The number of likely N-dealkylation sites (N-methyl/N-ethyl adjacent to an activating group) is 1. The molecule has 0 amide bonds. The van der Waals surface area contributed by atoms with Crippen LogP contribution in [0.25, 0.3) is 0 Å². The zero-order valence-electron chi connectivity index (χ0n) is 13.3. The van der Waals surface area contributed by atoms with Gasteiger partial charge in [0, 0.05) is 35.9 Å². The lowest BCUT2D eigenvalue weighted by Gasteiger charge is -2.36. The third kappa shape index (κ3) is 3.70. The molecule has 1 saturated carbocycles. The molecule has 0 spiro atoms. The Balaban J connectivity index is 1.59. The minimum Gasteiger partial charge on any atom is -0.480 e. The molecule has 0 radical (unpaired) electrons. The van der Waals surface area contributed by atoms with Gasteiger partial charge in [-0.1, -0.05) is 19.3 Å². The predicted octanol–water partition coefficient (Wildman–Crippen LogP) is 3.00. The molecule has 1 unspecified atom stereocenters. The number of hydrogen-bond donors (Lipinski definition) is 1. The molecule has 0 bridgehead atoms. The molecule has 4 nitrogen and oxygen atoms in total. The first-order chi connectivity index (χ1) is 10.6. The average molecular weight is 322 g/mol. The fourth-order valence-corrected chi connectivity index (χ4v) is 4.87. The lowest BCUT2D eigenvalue weighted by atomic mass is 9.88. The number of nitrogens with zero attached hydrogens (tertiary/aromatic N) is 2. The smallest absolute Gasteiger partial charge is 0.322 e. The number of aliphatic carboxylic acids is 1. The van der Waals surface area contributed by atoms with Gasteiger partial charge in [0.1, 0.15) is 6.04 Å². The maximum Gasteiger partial charge on any atom is 0.322 e. The molecule has 1 N–H and O–H groups in total. The van der Waals surface area contributed by atoms with Gasteiger partial charge in [-0.2, -0.15) is 0 Å². The van der Waals surface area contributed by atoms with Gasteiger partial charge < -0.3 is 5.11 Å². The Morgan fingerprint density at radius 1 is 1.27 bits per heavy atom. The molecule has 2 heterocycles. The second-order valence-electron chi connectivity index (χ2n) is 6.71. The maximum absolute atomic E-state index is 11.3. The van der Waals surface area contributed by atoms with Crippen molar-refractivity contribution in [1.82, 2.24) is 9.80 Å². The number of carboxylic acids is 1. The van der Waals surface area contributed by atoms with Gasteiger partial charge in [0.15, 0.2) is 0 Å². The molecular weight excluding hydrogens is 296 g/mol. The molecule has 2 aliphatic rings. The molecule has 5 heteroatoms. The first-order valence-electron chi connectivity index (χ1n) is 8.37. The van der Waals surface area contributed by atoms with E-state index in [1.807, 2.05) is 23.3 Å². The molecule has 1 saturated heterocycles. The highest BCUT2D eigenvalue weighted by molar-refractivity contribution is 7.12. The van der Waals surface area contributed by atoms with E-state index in [9.17, 15) is 9.90 Å². The van der Waals surface area contributed by atoms with Gasteiger partial charge >= 0.3 is 5.97 Å². The minimum absolute atomic E-state index is 0.369. The second-order valence-corrected chi connectivity index (χ2v) is 7.91. The Bertz CT molecular complexity index is 511. The molecule has 1 aliphatic carbocycles. The Kier molecular flexibility index (Phi) is 5.16. The Labute approximate surface area is 136 Å². The van der Waals surface area contributed by atoms with Crippen molar-refractivity contribution in [3.63, 3.8) is 0 Å². The van der Waals surface area contributed by atoms with Crippen LogP contribution >= 0.6 is 11.3 Å². The summed E-state index contributed by atoms with van der Waals surface area (Å²) >= 11 is 1.94. The highest BCUT2D eigenvalue weighted by Crippen LogP contribution is 2.36. The topological polar surface area (TPSA) is 43.8 Å². The third-order valence-electron chi connectivity index (χ3n) is 5.09. The number of hydrogen-bond acceptors (Lipinski definition) is 4. The van der Waals surface area contributed by atoms with Gasteiger partial charge in [-0.3, -0.25) is 14.6 Å². The summed E-state index contributed by atoms with van der Waals surface area (Å²) in [7, 11) is 1.91. The quantitative estimate of drug-likeness (QED) is 0.925. The van der Waals surface area contributed by atoms with Gasteiger partial charge in [0.2, 0.25) is 0 Å². The first-order valence-corrected chi connectivity index (χ1v) is 9.19. The minimum atomic E-state index is -0.707. The van der Waals surface area contributed by atoms with Gasteiger partial charge in [-0.15, -0.1) is 11.3 Å². The largest absolute Gasteiger partial charge is 0.480 e. The summed E-state index contributed by atoms with van der Waals surface area (Å²) in [5, 5.41) is 9.30. The van der Waals surface area contributed by atoms with Crippen molar-refractivity contribution in [3.8, 4) is 0 Å². The van der Waals surface area contributed by atoms with Crippen LogP contribution in [0.3, 0.4) is 0 Å². The highest BCUT2D eigenvalue weighted by atomic mass is 32.1. The summed E-state index contributed by atoms with van der Waals surface area (Å²) < 4.78 is 0. The Morgan fingerprint density at radius 3 is 2.77 bits per heavy atom. The molecule has 122 valence electrons. The van der Waals surface area contributed by atoms with Gasteiger partial charge in [0.25, 0.3) is 0 Å². The molecule has 0 aromatic carbocycles. The fourth-order valence-electron chi connectivity index (χ4n) is 3.65. The van der Waals surface area contributed by atoms with E-state index in [2.05, 4.69) is 17.0 Å². The van der Waals surface area contributed by atoms with Crippen molar-refractivity contribution < 1.29 is 9.90 Å². The van der Waals surface area contributed by atoms with E-state index < -0.39 is 5.97 Å². The summed E-state index contributed by atoms with van der Waals surface area (Å²) in [5.41, 5.74) is 0. The zero-order chi connectivity index (χ0) is 15.5. The molecule has 1 aromatic heterocycles. The van der Waals surface area contributed by atoms with Crippen molar-refractivity contribution in [1.29, 1.82) is 0 Å². The number of rotatable bonds is 4. The molecule has 22 heavy (non-hydrogen) atoms. The van der Waals surface area contributed by atoms with Gasteiger partial charge in [-0.05, 0) is 37.9 Å². The van der Waals surface area contributed by atoms with E-state index in [0.717, 1.165) is 25.6 Å². The van der Waals surface area contributed by atoms with Crippen molar-refractivity contribution in [2.45, 2.75) is 50.6 Å². The van der Waals surface area contributed by atoms with Gasteiger partial charge in [0.05, 0.1) is 0 Å². The second kappa shape index (κ2) is 7.11. The number of piperazine rings is 1. The standard InChI is InChI=1S/C17H26N2O2S/c1-18-9-10-19(12-15(18)17(20)21)11-14-7-8-16(22-14)13-5-3-2-4-6-13/h7-8,13,15H,2-6,9-12H2,1H3,(H,20,21). The van der Waals surface area contributed by atoms with Crippen molar-refractivity contribution in [2.24, 2.45) is 0 Å². The van der Waals surface area contributed by atoms with Crippen LogP contribution in [0.2, 0.25) is 0 Å². The van der Waals surface area contributed by atoms with E-state index in [1.165, 1.54) is 37.0 Å². The van der Waals surface area contributed by atoms with Gasteiger partial charge in [-0.25, -0.2) is 0 Å². The van der Waals surface area contributed by atoms with Crippen LogP contribution in [0, 0.1) is 0 Å². The monoisotopic (exact) mass is 322 g/mol. The summed E-state index contributed by atoms with van der Waals surface area (Å²) in [5.74, 6) is 0.0630. The van der Waals surface area contributed by atoms with E-state index >= 15 is 0 Å². The lowest BCUT2D eigenvalue weighted by molar-refractivity contribution is -0.145. The number of carboxylic acid groups (broad SMARTS) is 1. The fraction of sp³-hybridized carbons (Fsp3) is 0.706. The normalized spacial score (nSPS) is 25.4. The third-order valence-corrected chi connectivity index (χ3v) is 6.32. The summed E-state index contributed by atoms with van der Waals surface area (Å²) in [6, 6.07) is 4.19. The predicted molar refractivity (Wildman–Crippen MR) is 89.5 cm³/mol. The maximum atomic E-state index is 11.3. The van der Waals surface area contributed by atoms with Crippen LogP contribution in [0.5, 0.6) is 0 Å². The van der Waals surface area contributed by atoms with Crippen LogP contribution in [0.15, 0.2) is 12.1 Å². The van der Waals surface area contributed by atoms with Crippen molar-refractivity contribution >= 4 is 17.3 Å². The number of thiophene rings is 1. The molecule has 1 aliphatic heterocycles. The average Bonchev–Trinajstić information content (AvgIpc) is 2.98. The van der Waals surface area contributed by atoms with E-state index in [0.29, 0.717) is 6.54 Å². The molecule has 3 rings (SSSR count). The van der Waals surface area contributed by atoms with Crippen molar-refractivity contribution in [3.05, 3.63) is 21.9 Å². The first kappa shape index (κ1) is 16.0. The molecular formula is C17H26N2O2S. The van der Waals surface area contributed by atoms with Crippen molar-refractivity contribution in [2.75, 3.05) is 26.7 Å². The Hall–Kier alpha value is -0.910. The lowest BCUT2D eigenvalue weighted by Crippen LogP contribution is -2.54. The van der Waals surface area contributed by atoms with E-state index in [4.69, 9.17) is 0 Å². The van der Waals surface area contributed by atoms with Crippen LogP contribution in [0.4, 0.5) is 0 Å². The number of carbonyl (C=O) groups is 1. The zero-order valence-corrected chi connectivity index (χ0v) is 14.1.